The molecule has 4 heteroatoms. The van der Waals surface area contributed by atoms with E-state index in [1.807, 2.05) is 12.3 Å². The quantitative estimate of drug-likeness (QED) is 0.823. The van der Waals surface area contributed by atoms with Crippen LogP contribution < -0.4 is 4.90 Å². The van der Waals surface area contributed by atoms with Gasteiger partial charge in [-0.2, -0.15) is 0 Å². The summed E-state index contributed by atoms with van der Waals surface area (Å²) >= 11 is 6.95. The van der Waals surface area contributed by atoms with Crippen LogP contribution in [0.1, 0.15) is 20.8 Å². The fourth-order valence-corrected chi connectivity index (χ4v) is 2.68. The molecule has 0 amide bonds. The van der Waals surface area contributed by atoms with Gasteiger partial charge in [0, 0.05) is 23.8 Å². The molecule has 0 aliphatic rings. The summed E-state index contributed by atoms with van der Waals surface area (Å²) in [5.74, 6) is 1.66. The highest BCUT2D eigenvalue weighted by Gasteiger charge is 2.11. The molecule has 15 heavy (non-hydrogen) atoms. The van der Waals surface area contributed by atoms with Crippen LogP contribution >= 0.6 is 31.9 Å². The lowest BCUT2D eigenvalue weighted by atomic mass is 10.2. The zero-order valence-corrected chi connectivity index (χ0v) is 12.5. The third-order valence-corrected chi connectivity index (χ3v) is 3.07. The molecule has 0 aromatic carbocycles. The van der Waals surface area contributed by atoms with Gasteiger partial charge in [0.15, 0.2) is 0 Å². The number of hydrogen-bond donors (Lipinski definition) is 0. The third-order valence-electron chi connectivity index (χ3n) is 2.06. The SMILES string of the molecule is CCN(CC(C)C)c1ncc(Br)cc1Br. The molecule has 0 radical (unpaired) electrons. The minimum atomic E-state index is 0.641. The van der Waals surface area contributed by atoms with Crippen molar-refractivity contribution >= 4 is 37.7 Å². The van der Waals surface area contributed by atoms with Gasteiger partial charge in [0.1, 0.15) is 5.82 Å². The first kappa shape index (κ1) is 13.0. The van der Waals surface area contributed by atoms with Crippen LogP contribution in [0.3, 0.4) is 0 Å². The molecule has 0 aliphatic heterocycles. The second-order valence-corrected chi connectivity index (χ2v) is 5.66. The Hall–Kier alpha value is -0.0900. The Morgan fingerprint density at radius 2 is 2.07 bits per heavy atom. The molecule has 0 aliphatic carbocycles. The highest BCUT2D eigenvalue weighted by Crippen LogP contribution is 2.27. The number of anilines is 1. The summed E-state index contributed by atoms with van der Waals surface area (Å²) in [5, 5.41) is 0. The van der Waals surface area contributed by atoms with Crippen molar-refractivity contribution in [3.8, 4) is 0 Å². The summed E-state index contributed by atoms with van der Waals surface area (Å²) < 4.78 is 2.04. The molecule has 0 fully saturated rings. The topological polar surface area (TPSA) is 16.1 Å². The van der Waals surface area contributed by atoms with Gasteiger partial charge in [-0.05, 0) is 50.8 Å². The predicted molar refractivity (Wildman–Crippen MR) is 72.4 cm³/mol. The van der Waals surface area contributed by atoms with Gasteiger partial charge in [-0.3, -0.25) is 0 Å². The van der Waals surface area contributed by atoms with E-state index >= 15 is 0 Å². The normalized spacial score (nSPS) is 10.8. The Labute approximate surface area is 108 Å². The molecule has 0 unspecified atom stereocenters. The van der Waals surface area contributed by atoms with Gasteiger partial charge in [0.25, 0.3) is 0 Å². The second-order valence-electron chi connectivity index (χ2n) is 3.89. The van der Waals surface area contributed by atoms with Crippen LogP contribution in [0.25, 0.3) is 0 Å². The summed E-state index contributed by atoms with van der Waals surface area (Å²) in [6, 6.07) is 2.03. The van der Waals surface area contributed by atoms with Crippen molar-refractivity contribution in [2.24, 2.45) is 5.92 Å². The maximum absolute atomic E-state index is 4.43. The highest BCUT2D eigenvalue weighted by molar-refractivity contribution is 9.11. The van der Waals surface area contributed by atoms with E-state index in [0.717, 1.165) is 27.9 Å². The average Bonchev–Trinajstić information content (AvgIpc) is 2.14. The van der Waals surface area contributed by atoms with E-state index in [2.05, 4.69) is 62.5 Å². The van der Waals surface area contributed by atoms with Crippen LogP contribution in [-0.2, 0) is 0 Å². The standard InChI is InChI=1S/C11H16Br2N2/c1-4-15(7-8(2)3)11-10(13)5-9(12)6-14-11/h5-6,8H,4,7H2,1-3H3. The van der Waals surface area contributed by atoms with E-state index in [9.17, 15) is 0 Å². The first-order chi connectivity index (χ1) is 7.04. The molecule has 0 atom stereocenters. The van der Waals surface area contributed by atoms with Crippen LogP contribution in [0.4, 0.5) is 5.82 Å². The summed E-state index contributed by atoms with van der Waals surface area (Å²) in [7, 11) is 0. The first-order valence-corrected chi connectivity index (χ1v) is 6.69. The van der Waals surface area contributed by atoms with E-state index in [1.165, 1.54) is 0 Å². The molecule has 0 bridgehead atoms. The van der Waals surface area contributed by atoms with Crippen molar-refractivity contribution in [2.45, 2.75) is 20.8 Å². The fraction of sp³-hybridized carbons (Fsp3) is 0.545. The van der Waals surface area contributed by atoms with Gasteiger partial charge >= 0.3 is 0 Å². The molecule has 1 aromatic heterocycles. The van der Waals surface area contributed by atoms with E-state index in [0.29, 0.717) is 5.92 Å². The third kappa shape index (κ3) is 3.76. The molecular formula is C11H16Br2N2. The van der Waals surface area contributed by atoms with Crippen molar-refractivity contribution in [3.05, 3.63) is 21.2 Å². The van der Waals surface area contributed by atoms with Gasteiger partial charge in [0.2, 0.25) is 0 Å². The number of rotatable bonds is 4. The monoisotopic (exact) mass is 334 g/mol. The van der Waals surface area contributed by atoms with Crippen molar-refractivity contribution in [1.82, 2.24) is 4.98 Å². The Morgan fingerprint density at radius 1 is 1.40 bits per heavy atom. The lowest BCUT2D eigenvalue weighted by Crippen LogP contribution is -2.28. The predicted octanol–water partition coefficient (Wildman–Crippen LogP) is 4.09. The molecule has 0 spiro atoms. The van der Waals surface area contributed by atoms with Crippen molar-refractivity contribution in [2.75, 3.05) is 18.0 Å². The Balaban J connectivity index is 2.91. The van der Waals surface area contributed by atoms with Crippen LogP contribution in [0, 0.1) is 5.92 Å². The van der Waals surface area contributed by atoms with E-state index in [1.54, 1.807) is 0 Å². The highest BCUT2D eigenvalue weighted by atomic mass is 79.9. The van der Waals surface area contributed by atoms with E-state index in [-0.39, 0.29) is 0 Å². The number of halogens is 2. The zero-order chi connectivity index (χ0) is 11.4. The number of hydrogen-bond acceptors (Lipinski definition) is 2. The molecule has 1 heterocycles. The summed E-state index contributed by atoms with van der Waals surface area (Å²) in [6.45, 7) is 8.60. The van der Waals surface area contributed by atoms with Crippen molar-refractivity contribution in [1.29, 1.82) is 0 Å². The molecular weight excluding hydrogens is 320 g/mol. The van der Waals surface area contributed by atoms with Gasteiger partial charge < -0.3 is 4.90 Å². The van der Waals surface area contributed by atoms with Crippen molar-refractivity contribution < 1.29 is 0 Å². The Bertz CT molecular complexity index is 326. The van der Waals surface area contributed by atoms with E-state index < -0.39 is 0 Å². The Kier molecular flexibility index (Phi) is 5.06. The molecule has 84 valence electrons. The van der Waals surface area contributed by atoms with Crippen LogP contribution in [0.15, 0.2) is 21.2 Å². The van der Waals surface area contributed by atoms with Gasteiger partial charge in [-0.25, -0.2) is 4.98 Å². The minimum absolute atomic E-state index is 0.641. The molecule has 0 saturated carbocycles. The smallest absolute Gasteiger partial charge is 0.142 e. The van der Waals surface area contributed by atoms with Crippen LogP contribution in [-0.4, -0.2) is 18.1 Å². The molecule has 1 rings (SSSR count). The van der Waals surface area contributed by atoms with Crippen LogP contribution in [0.5, 0.6) is 0 Å². The molecule has 1 aromatic rings. The molecule has 0 N–H and O–H groups in total. The molecule has 2 nitrogen and oxygen atoms in total. The number of aromatic nitrogens is 1. The first-order valence-electron chi connectivity index (χ1n) is 5.10. The number of nitrogens with zero attached hydrogens (tertiary/aromatic N) is 2. The van der Waals surface area contributed by atoms with Gasteiger partial charge in [-0.15, -0.1) is 0 Å². The Morgan fingerprint density at radius 3 is 2.53 bits per heavy atom. The average molecular weight is 336 g/mol. The lowest BCUT2D eigenvalue weighted by molar-refractivity contribution is 0.613. The second kappa shape index (κ2) is 5.85. The summed E-state index contributed by atoms with van der Waals surface area (Å²) in [6.07, 6.45) is 1.84. The fourth-order valence-electron chi connectivity index (χ4n) is 1.45. The maximum Gasteiger partial charge on any atom is 0.142 e. The maximum atomic E-state index is 4.43. The van der Waals surface area contributed by atoms with Crippen LogP contribution in [0.2, 0.25) is 0 Å². The number of pyridine rings is 1. The van der Waals surface area contributed by atoms with Crippen molar-refractivity contribution in [3.63, 3.8) is 0 Å². The van der Waals surface area contributed by atoms with Gasteiger partial charge in [0.05, 0.1) is 4.47 Å². The summed E-state index contributed by atoms with van der Waals surface area (Å²) in [5.41, 5.74) is 0. The minimum Gasteiger partial charge on any atom is -0.356 e. The molecule has 0 saturated heterocycles. The van der Waals surface area contributed by atoms with Gasteiger partial charge in [-0.1, -0.05) is 13.8 Å². The van der Waals surface area contributed by atoms with E-state index in [4.69, 9.17) is 0 Å². The largest absolute Gasteiger partial charge is 0.356 e. The zero-order valence-electron chi connectivity index (χ0n) is 9.30. The lowest BCUT2D eigenvalue weighted by Gasteiger charge is -2.24. The summed E-state index contributed by atoms with van der Waals surface area (Å²) in [4.78, 5) is 6.71.